The van der Waals surface area contributed by atoms with Crippen molar-refractivity contribution in [3.05, 3.63) is 23.8 Å². The van der Waals surface area contributed by atoms with Gasteiger partial charge >= 0.3 is 5.97 Å². The summed E-state index contributed by atoms with van der Waals surface area (Å²) in [4.78, 5) is 13.7. The SMILES string of the molecule is CCC[C@@H](c1ccc(OC(C)=O)c(OC)c1)N1CCNCC1.Cl.Cl. The number of piperazine rings is 1. The number of hydrogen-bond donors (Lipinski definition) is 1. The first kappa shape index (κ1) is 23.0. The lowest BCUT2D eigenvalue weighted by atomic mass is 9.99. The van der Waals surface area contributed by atoms with E-state index in [1.54, 1.807) is 7.11 Å². The van der Waals surface area contributed by atoms with E-state index < -0.39 is 0 Å². The van der Waals surface area contributed by atoms with Crippen molar-refractivity contribution in [2.45, 2.75) is 32.7 Å². The Morgan fingerprint density at radius 2 is 1.92 bits per heavy atom. The number of hydrogen-bond acceptors (Lipinski definition) is 5. The number of methoxy groups -OCH3 is 1. The van der Waals surface area contributed by atoms with Crippen molar-refractivity contribution >= 4 is 30.8 Å². The van der Waals surface area contributed by atoms with Gasteiger partial charge in [0.1, 0.15) is 0 Å². The third-order valence-corrected chi connectivity index (χ3v) is 3.98. The minimum atomic E-state index is -0.335. The van der Waals surface area contributed by atoms with Gasteiger partial charge in [-0.25, -0.2) is 0 Å². The van der Waals surface area contributed by atoms with Crippen molar-refractivity contribution in [2.75, 3.05) is 33.3 Å². The number of carbonyl (C=O) groups is 1. The minimum Gasteiger partial charge on any atom is -0.493 e. The summed E-state index contributed by atoms with van der Waals surface area (Å²) in [6, 6.07) is 6.26. The van der Waals surface area contributed by atoms with Crippen molar-refractivity contribution in [3.63, 3.8) is 0 Å². The predicted molar refractivity (Wildman–Crippen MR) is 101 cm³/mol. The van der Waals surface area contributed by atoms with E-state index in [1.807, 2.05) is 18.2 Å². The Morgan fingerprint density at radius 1 is 1.25 bits per heavy atom. The Hall–Kier alpha value is -1.01. The van der Waals surface area contributed by atoms with Crippen LogP contribution in [0.5, 0.6) is 11.5 Å². The summed E-state index contributed by atoms with van der Waals surface area (Å²) in [6.45, 7) is 7.77. The highest BCUT2D eigenvalue weighted by atomic mass is 35.5. The smallest absolute Gasteiger partial charge is 0.308 e. The summed E-state index contributed by atoms with van der Waals surface area (Å²) >= 11 is 0. The molecule has 0 radical (unpaired) electrons. The molecular formula is C17H28Cl2N2O3. The average molecular weight is 379 g/mol. The fraction of sp³-hybridized carbons (Fsp3) is 0.588. The molecule has 1 fully saturated rings. The molecule has 0 amide bonds. The summed E-state index contributed by atoms with van der Waals surface area (Å²) in [7, 11) is 1.60. The van der Waals surface area contributed by atoms with Crippen LogP contribution in [-0.4, -0.2) is 44.2 Å². The van der Waals surface area contributed by atoms with Gasteiger partial charge in [0.25, 0.3) is 0 Å². The summed E-state index contributed by atoms with van der Waals surface area (Å²) in [5, 5.41) is 3.39. The molecule has 1 aromatic rings. The van der Waals surface area contributed by atoms with Crippen LogP contribution in [0.4, 0.5) is 0 Å². The quantitative estimate of drug-likeness (QED) is 0.608. The molecule has 5 nitrogen and oxygen atoms in total. The van der Waals surface area contributed by atoms with Crippen LogP contribution in [0.2, 0.25) is 0 Å². The van der Waals surface area contributed by atoms with Gasteiger partial charge in [-0.2, -0.15) is 0 Å². The van der Waals surface area contributed by atoms with Gasteiger partial charge in [-0.1, -0.05) is 19.4 Å². The van der Waals surface area contributed by atoms with Crippen LogP contribution in [0.1, 0.15) is 38.3 Å². The molecule has 1 aliphatic rings. The summed E-state index contributed by atoms with van der Waals surface area (Å²) < 4.78 is 10.6. The lowest BCUT2D eigenvalue weighted by Gasteiger charge is -2.35. The molecule has 2 rings (SSSR count). The van der Waals surface area contributed by atoms with Crippen LogP contribution < -0.4 is 14.8 Å². The second-order valence-electron chi connectivity index (χ2n) is 5.59. The van der Waals surface area contributed by atoms with Crippen LogP contribution >= 0.6 is 24.8 Å². The number of carbonyl (C=O) groups excluding carboxylic acids is 1. The van der Waals surface area contributed by atoms with Crippen molar-refractivity contribution in [1.82, 2.24) is 10.2 Å². The molecule has 1 N–H and O–H groups in total. The first-order chi connectivity index (χ1) is 10.7. The van der Waals surface area contributed by atoms with Crippen molar-refractivity contribution in [3.8, 4) is 11.5 Å². The van der Waals surface area contributed by atoms with Gasteiger partial charge in [-0.05, 0) is 24.1 Å². The van der Waals surface area contributed by atoms with E-state index >= 15 is 0 Å². The molecular weight excluding hydrogens is 351 g/mol. The number of benzene rings is 1. The molecule has 1 heterocycles. The van der Waals surface area contributed by atoms with Crippen LogP contribution in [0, 0.1) is 0 Å². The molecule has 0 aliphatic carbocycles. The summed E-state index contributed by atoms with van der Waals surface area (Å²) in [6.07, 6.45) is 2.23. The largest absolute Gasteiger partial charge is 0.493 e. The van der Waals surface area contributed by atoms with E-state index in [-0.39, 0.29) is 30.8 Å². The second kappa shape index (κ2) is 11.5. The standard InChI is InChI=1S/C17H26N2O3.2ClH/c1-4-5-15(19-10-8-18-9-11-19)14-6-7-16(22-13(2)20)17(12-14)21-3;;/h6-7,12,15,18H,4-5,8-11H2,1-3H3;2*1H/t15-;;/m0../s1. The molecule has 1 aromatic carbocycles. The van der Waals surface area contributed by atoms with Crippen molar-refractivity contribution < 1.29 is 14.3 Å². The Morgan fingerprint density at radius 3 is 2.46 bits per heavy atom. The summed E-state index contributed by atoms with van der Waals surface area (Å²) in [5.41, 5.74) is 1.22. The summed E-state index contributed by atoms with van der Waals surface area (Å²) in [5.74, 6) is 0.761. The van der Waals surface area contributed by atoms with E-state index in [4.69, 9.17) is 9.47 Å². The van der Waals surface area contributed by atoms with Gasteiger partial charge in [-0.15, -0.1) is 24.8 Å². The first-order valence-corrected chi connectivity index (χ1v) is 7.96. The van der Waals surface area contributed by atoms with Gasteiger partial charge in [0, 0.05) is 39.1 Å². The molecule has 0 bridgehead atoms. The molecule has 1 atom stereocenters. The molecule has 0 saturated carbocycles. The third kappa shape index (κ3) is 6.13. The van der Waals surface area contributed by atoms with Gasteiger partial charge in [0.2, 0.25) is 0 Å². The highest BCUT2D eigenvalue weighted by Gasteiger charge is 2.22. The molecule has 24 heavy (non-hydrogen) atoms. The van der Waals surface area contributed by atoms with Crippen LogP contribution in [0.25, 0.3) is 0 Å². The number of halogens is 2. The maximum absolute atomic E-state index is 11.2. The molecule has 1 aliphatic heterocycles. The number of nitrogens with one attached hydrogen (secondary N) is 1. The fourth-order valence-electron chi connectivity index (χ4n) is 2.96. The molecule has 0 spiro atoms. The van der Waals surface area contributed by atoms with Crippen LogP contribution in [0.15, 0.2) is 18.2 Å². The highest BCUT2D eigenvalue weighted by molar-refractivity contribution is 5.85. The maximum atomic E-state index is 11.2. The van der Waals surface area contributed by atoms with E-state index in [0.29, 0.717) is 17.5 Å². The van der Waals surface area contributed by atoms with Crippen LogP contribution in [0.3, 0.4) is 0 Å². The topological polar surface area (TPSA) is 50.8 Å². The third-order valence-electron chi connectivity index (χ3n) is 3.98. The van der Waals surface area contributed by atoms with Gasteiger partial charge < -0.3 is 14.8 Å². The van der Waals surface area contributed by atoms with Crippen LogP contribution in [-0.2, 0) is 4.79 Å². The van der Waals surface area contributed by atoms with Gasteiger partial charge in [0.15, 0.2) is 11.5 Å². The van der Waals surface area contributed by atoms with E-state index in [1.165, 1.54) is 12.5 Å². The average Bonchev–Trinajstić information content (AvgIpc) is 2.53. The molecule has 0 aromatic heterocycles. The normalized spacial score (nSPS) is 15.6. The second-order valence-corrected chi connectivity index (χ2v) is 5.59. The minimum absolute atomic E-state index is 0. The number of nitrogens with zero attached hydrogens (tertiary/aromatic N) is 1. The molecule has 138 valence electrons. The highest BCUT2D eigenvalue weighted by Crippen LogP contribution is 2.34. The Labute approximate surface area is 156 Å². The maximum Gasteiger partial charge on any atom is 0.308 e. The van der Waals surface area contributed by atoms with E-state index in [2.05, 4.69) is 17.1 Å². The number of ether oxygens (including phenoxy) is 2. The first-order valence-electron chi connectivity index (χ1n) is 7.96. The zero-order chi connectivity index (χ0) is 15.9. The Bertz CT molecular complexity index is 509. The molecule has 1 saturated heterocycles. The zero-order valence-electron chi connectivity index (χ0n) is 14.5. The monoisotopic (exact) mass is 378 g/mol. The Balaban J connectivity index is 0.00000264. The molecule has 7 heteroatoms. The van der Waals surface area contributed by atoms with E-state index in [9.17, 15) is 4.79 Å². The van der Waals surface area contributed by atoms with Crippen molar-refractivity contribution in [1.29, 1.82) is 0 Å². The number of rotatable bonds is 6. The lowest BCUT2D eigenvalue weighted by molar-refractivity contribution is -0.132. The fourth-order valence-corrected chi connectivity index (χ4v) is 2.96. The van der Waals surface area contributed by atoms with Crippen molar-refractivity contribution in [2.24, 2.45) is 0 Å². The Kier molecular flexibility index (Phi) is 11.0. The lowest BCUT2D eigenvalue weighted by Crippen LogP contribution is -2.45. The van der Waals surface area contributed by atoms with Gasteiger partial charge in [-0.3, -0.25) is 9.69 Å². The van der Waals surface area contributed by atoms with Gasteiger partial charge in [0.05, 0.1) is 7.11 Å². The van der Waals surface area contributed by atoms with E-state index in [0.717, 1.165) is 39.0 Å². The zero-order valence-corrected chi connectivity index (χ0v) is 16.2. The molecule has 0 unspecified atom stereocenters. The number of esters is 1. The predicted octanol–water partition coefficient (Wildman–Crippen LogP) is 3.21.